The molecular weight excluding hydrogens is 234 g/mol. The maximum absolute atomic E-state index is 5.78. The van der Waals surface area contributed by atoms with Crippen molar-refractivity contribution in [1.29, 1.82) is 0 Å². The van der Waals surface area contributed by atoms with Crippen LogP contribution in [0.1, 0.15) is 63.9 Å². The SMILES string of the molecule is CCCCCCCCCCOc1ccc(N)cc1C. The number of anilines is 1. The Morgan fingerprint density at radius 3 is 2.21 bits per heavy atom. The summed E-state index contributed by atoms with van der Waals surface area (Å²) in [6.45, 7) is 5.12. The van der Waals surface area contributed by atoms with E-state index in [1.165, 1.54) is 44.9 Å². The van der Waals surface area contributed by atoms with Gasteiger partial charge in [-0.05, 0) is 37.1 Å². The van der Waals surface area contributed by atoms with E-state index in [-0.39, 0.29) is 0 Å². The number of rotatable bonds is 10. The van der Waals surface area contributed by atoms with Crippen molar-refractivity contribution >= 4 is 5.69 Å². The number of hydrogen-bond donors (Lipinski definition) is 1. The second-order valence-electron chi connectivity index (χ2n) is 5.35. The van der Waals surface area contributed by atoms with Crippen LogP contribution in [-0.4, -0.2) is 6.61 Å². The summed E-state index contributed by atoms with van der Waals surface area (Å²) in [5, 5.41) is 0. The predicted octanol–water partition coefficient (Wildman–Crippen LogP) is 5.10. The zero-order chi connectivity index (χ0) is 13.9. The minimum atomic E-state index is 0.803. The molecular formula is C17H29NO. The summed E-state index contributed by atoms with van der Waals surface area (Å²) < 4.78 is 5.78. The lowest BCUT2D eigenvalue weighted by molar-refractivity contribution is 0.302. The first-order valence-electron chi connectivity index (χ1n) is 7.73. The molecule has 0 aliphatic rings. The van der Waals surface area contributed by atoms with Gasteiger partial charge in [0.25, 0.3) is 0 Å². The molecule has 0 unspecified atom stereocenters. The number of aryl methyl sites for hydroxylation is 1. The normalized spacial score (nSPS) is 10.6. The number of benzene rings is 1. The Balaban J connectivity index is 2.01. The molecule has 19 heavy (non-hydrogen) atoms. The Bertz CT molecular complexity index is 349. The molecule has 0 aromatic heterocycles. The Morgan fingerprint density at radius 1 is 0.947 bits per heavy atom. The average Bonchev–Trinajstić information content (AvgIpc) is 2.39. The molecule has 0 aliphatic heterocycles. The van der Waals surface area contributed by atoms with Gasteiger partial charge in [0.15, 0.2) is 0 Å². The van der Waals surface area contributed by atoms with Crippen LogP contribution in [0.25, 0.3) is 0 Å². The van der Waals surface area contributed by atoms with E-state index in [0.717, 1.165) is 30.0 Å². The summed E-state index contributed by atoms with van der Waals surface area (Å²) >= 11 is 0. The number of unbranched alkanes of at least 4 members (excludes halogenated alkanes) is 7. The van der Waals surface area contributed by atoms with Crippen molar-refractivity contribution in [2.75, 3.05) is 12.3 Å². The monoisotopic (exact) mass is 263 g/mol. The maximum Gasteiger partial charge on any atom is 0.122 e. The van der Waals surface area contributed by atoms with E-state index in [9.17, 15) is 0 Å². The van der Waals surface area contributed by atoms with Crippen LogP contribution in [0.15, 0.2) is 18.2 Å². The highest BCUT2D eigenvalue weighted by Crippen LogP contribution is 2.20. The predicted molar refractivity (Wildman–Crippen MR) is 83.7 cm³/mol. The first-order chi connectivity index (χ1) is 9.24. The smallest absolute Gasteiger partial charge is 0.122 e. The molecule has 0 amide bonds. The molecule has 1 rings (SSSR count). The van der Waals surface area contributed by atoms with Crippen LogP contribution >= 0.6 is 0 Å². The van der Waals surface area contributed by atoms with Gasteiger partial charge >= 0.3 is 0 Å². The minimum absolute atomic E-state index is 0.803. The number of hydrogen-bond acceptors (Lipinski definition) is 2. The lowest BCUT2D eigenvalue weighted by atomic mass is 10.1. The molecule has 2 nitrogen and oxygen atoms in total. The fourth-order valence-electron chi connectivity index (χ4n) is 2.25. The molecule has 2 N–H and O–H groups in total. The summed E-state index contributed by atoms with van der Waals surface area (Å²) in [4.78, 5) is 0. The zero-order valence-electron chi connectivity index (χ0n) is 12.6. The van der Waals surface area contributed by atoms with Gasteiger partial charge in [-0.25, -0.2) is 0 Å². The first kappa shape index (κ1) is 15.9. The number of ether oxygens (including phenoxy) is 1. The molecule has 0 spiro atoms. The highest BCUT2D eigenvalue weighted by molar-refractivity contribution is 5.47. The molecule has 0 bridgehead atoms. The summed E-state index contributed by atoms with van der Waals surface area (Å²) in [5.74, 6) is 0.970. The van der Waals surface area contributed by atoms with Crippen LogP contribution in [0, 0.1) is 6.92 Å². The minimum Gasteiger partial charge on any atom is -0.493 e. The van der Waals surface area contributed by atoms with Crippen molar-refractivity contribution in [3.05, 3.63) is 23.8 Å². The van der Waals surface area contributed by atoms with Gasteiger partial charge in [0, 0.05) is 5.69 Å². The van der Waals surface area contributed by atoms with Crippen LogP contribution in [0.5, 0.6) is 5.75 Å². The number of nitrogen functional groups attached to an aromatic ring is 1. The van der Waals surface area contributed by atoms with E-state index in [1.807, 2.05) is 25.1 Å². The van der Waals surface area contributed by atoms with Gasteiger partial charge in [-0.2, -0.15) is 0 Å². The molecule has 0 fully saturated rings. The van der Waals surface area contributed by atoms with Crippen molar-refractivity contribution < 1.29 is 4.74 Å². The third kappa shape index (κ3) is 7.09. The molecule has 0 saturated carbocycles. The first-order valence-corrected chi connectivity index (χ1v) is 7.73. The quantitative estimate of drug-likeness (QED) is 0.471. The van der Waals surface area contributed by atoms with Gasteiger partial charge in [0.05, 0.1) is 6.61 Å². The van der Waals surface area contributed by atoms with Crippen LogP contribution in [0.2, 0.25) is 0 Å². The molecule has 0 atom stereocenters. The summed E-state index contributed by atoms with van der Waals surface area (Å²) in [6.07, 6.45) is 10.7. The second-order valence-corrected chi connectivity index (χ2v) is 5.35. The van der Waals surface area contributed by atoms with Gasteiger partial charge in [-0.3, -0.25) is 0 Å². The average molecular weight is 263 g/mol. The van der Waals surface area contributed by atoms with Crippen LogP contribution < -0.4 is 10.5 Å². The van der Waals surface area contributed by atoms with E-state index in [1.54, 1.807) is 0 Å². The zero-order valence-corrected chi connectivity index (χ0v) is 12.6. The fraction of sp³-hybridized carbons (Fsp3) is 0.647. The van der Waals surface area contributed by atoms with Crippen molar-refractivity contribution in [2.24, 2.45) is 0 Å². The van der Waals surface area contributed by atoms with E-state index < -0.39 is 0 Å². The largest absolute Gasteiger partial charge is 0.493 e. The van der Waals surface area contributed by atoms with Crippen LogP contribution in [-0.2, 0) is 0 Å². The Hall–Kier alpha value is -1.18. The lowest BCUT2D eigenvalue weighted by Gasteiger charge is -2.09. The molecule has 1 aromatic carbocycles. The number of nitrogens with two attached hydrogens (primary N) is 1. The van der Waals surface area contributed by atoms with E-state index >= 15 is 0 Å². The van der Waals surface area contributed by atoms with Crippen molar-refractivity contribution in [3.63, 3.8) is 0 Å². The maximum atomic E-state index is 5.78. The summed E-state index contributed by atoms with van der Waals surface area (Å²) in [6, 6.07) is 5.83. The van der Waals surface area contributed by atoms with Crippen molar-refractivity contribution in [3.8, 4) is 5.75 Å². The lowest BCUT2D eigenvalue weighted by Crippen LogP contribution is -1.99. The Morgan fingerprint density at radius 2 is 1.58 bits per heavy atom. The van der Waals surface area contributed by atoms with Gasteiger partial charge < -0.3 is 10.5 Å². The molecule has 2 heteroatoms. The van der Waals surface area contributed by atoms with Crippen molar-refractivity contribution in [2.45, 2.75) is 65.2 Å². The molecule has 0 aliphatic carbocycles. The topological polar surface area (TPSA) is 35.2 Å². The van der Waals surface area contributed by atoms with Gasteiger partial charge in [0.2, 0.25) is 0 Å². The van der Waals surface area contributed by atoms with Gasteiger partial charge in [-0.1, -0.05) is 51.9 Å². The molecule has 1 aromatic rings. The second kappa shape index (κ2) is 9.71. The van der Waals surface area contributed by atoms with E-state index in [2.05, 4.69) is 6.92 Å². The summed E-state index contributed by atoms with van der Waals surface area (Å²) in [7, 11) is 0. The van der Waals surface area contributed by atoms with E-state index in [0.29, 0.717) is 0 Å². The standard InChI is InChI=1S/C17H29NO/c1-3-4-5-6-7-8-9-10-13-19-17-12-11-16(18)14-15(17)2/h11-12,14H,3-10,13,18H2,1-2H3. The Kier molecular flexibility index (Phi) is 8.11. The van der Waals surface area contributed by atoms with Gasteiger partial charge in [-0.15, -0.1) is 0 Å². The highest BCUT2D eigenvalue weighted by atomic mass is 16.5. The van der Waals surface area contributed by atoms with E-state index in [4.69, 9.17) is 10.5 Å². The Labute approximate surface area is 118 Å². The molecule has 0 radical (unpaired) electrons. The van der Waals surface area contributed by atoms with Crippen LogP contribution in [0.3, 0.4) is 0 Å². The van der Waals surface area contributed by atoms with Crippen LogP contribution in [0.4, 0.5) is 5.69 Å². The third-order valence-electron chi connectivity index (χ3n) is 3.45. The molecule has 0 heterocycles. The highest BCUT2D eigenvalue weighted by Gasteiger charge is 1.99. The molecule has 0 saturated heterocycles. The third-order valence-corrected chi connectivity index (χ3v) is 3.45. The molecule has 108 valence electrons. The fourth-order valence-corrected chi connectivity index (χ4v) is 2.25. The summed E-state index contributed by atoms with van der Waals surface area (Å²) in [5.41, 5.74) is 7.64. The van der Waals surface area contributed by atoms with Crippen molar-refractivity contribution in [1.82, 2.24) is 0 Å². The van der Waals surface area contributed by atoms with Gasteiger partial charge in [0.1, 0.15) is 5.75 Å².